The first-order valence-electron chi connectivity index (χ1n) is 10.5. The molecule has 180 valence electrons. The highest BCUT2D eigenvalue weighted by atomic mass is 19.4. The lowest BCUT2D eigenvalue weighted by Crippen LogP contribution is -2.42. The Bertz CT molecular complexity index is 945. The summed E-state index contributed by atoms with van der Waals surface area (Å²) in [7, 11) is 1.41. The van der Waals surface area contributed by atoms with Gasteiger partial charge in [0.15, 0.2) is 0 Å². The van der Waals surface area contributed by atoms with Crippen molar-refractivity contribution < 1.29 is 27.5 Å². The average molecular weight is 467 g/mol. The number of hydrogen-bond donors (Lipinski definition) is 3. The smallest absolute Gasteiger partial charge is 0.416 e. The number of anilines is 2. The van der Waals surface area contributed by atoms with E-state index in [1.807, 2.05) is 6.92 Å². The van der Waals surface area contributed by atoms with Crippen LogP contribution in [-0.4, -0.2) is 49.6 Å². The van der Waals surface area contributed by atoms with Crippen LogP contribution in [0.3, 0.4) is 0 Å². The zero-order chi connectivity index (χ0) is 24.6. The number of benzene rings is 2. The van der Waals surface area contributed by atoms with E-state index < -0.39 is 17.8 Å². The Morgan fingerprint density at radius 3 is 2.12 bits per heavy atom. The lowest BCUT2D eigenvalue weighted by Gasteiger charge is -2.23. The number of alkyl halides is 3. The number of nitrogens with zero attached hydrogens (tertiary/aromatic N) is 1. The maximum Gasteiger partial charge on any atom is 0.416 e. The maximum atomic E-state index is 12.7. The van der Waals surface area contributed by atoms with Gasteiger partial charge in [0.1, 0.15) is 5.75 Å². The molecular weight excluding hydrogens is 437 g/mol. The number of carbonyl (C=O) groups excluding carboxylic acids is 2. The Balaban J connectivity index is 2.02. The van der Waals surface area contributed by atoms with Crippen LogP contribution in [-0.2, 0) is 6.18 Å². The van der Waals surface area contributed by atoms with Crippen LogP contribution in [0.15, 0.2) is 42.5 Å². The van der Waals surface area contributed by atoms with Gasteiger partial charge in [-0.25, -0.2) is 4.79 Å². The third kappa shape index (κ3) is 7.67. The Hall–Kier alpha value is -3.27. The number of nitrogens with one attached hydrogen (secondary N) is 3. The quantitative estimate of drug-likeness (QED) is 0.495. The second-order valence-electron chi connectivity index (χ2n) is 7.43. The van der Waals surface area contributed by atoms with E-state index in [9.17, 15) is 22.8 Å². The van der Waals surface area contributed by atoms with Gasteiger partial charge in [-0.15, -0.1) is 0 Å². The third-order valence-corrected chi connectivity index (χ3v) is 4.98. The fourth-order valence-corrected chi connectivity index (χ4v) is 3.21. The second kappa shape index (κ2) is 11.6. The Morgan fingerprint density at radius 2 is 1.58 bits per heavy atom. The number of amides is 3. The number of ether oxygens (including phenoxy) is 1. The molecule has 0 fully saturated rings. The molecule has 2 aromatic rings. The van der Waals surface area contributed by atoms with Crippen molar-refractivity contribution in [3.8, 4) is 5.75 Å². The molecule has 0 spiro atoms. The molecular formula is C23H29F3N4O3. The van der Waals surface area contributed by atoms with Gasteiger partial charge in [0.05, 0.1) is 18.2 Å². The van der Waals surface area contributed by atoms with E-state index in [2.05, 4.69) is 34.7 Å². The van der Waals surface area contributed by atoms with Gasteiger partial charge in [-0.3, -0.25) is 4.79 Å². The topological polar surface area (TPSA) is 82.7 Å². The largest absolute Gasteiger partial charge is 0.496 e. The normalized spacial score (nSPS) is 12.2. The summed E-state index contributed by atoms with van der Waals surface area (Å²) in [6.45, 7) is 8.51. The van der Waals surface area contributed by atoms with Crippen molar-refractivity contribution in [1.82, 2.24) is 10.2 Å². The SMILES string of the molecule is CCN(CC)CC(C)NC(=O)c1ccc(NC(=O)Nc2ccc(C(F)(F)F)cc2)cc1OC. The van der Waals surface area contributed by atoms with Crippen molar-refractivity contribution >= 4 is 23.3 Å². The fourth-order valence-electron chi connectivity index (χ4n) is 3.21. The van der Waals surface area contributed by atoms with Crippen molar-refractivity contribution in [2.45, 2.75) is 33.0 Å². The molecule has 3 amide bonds. The highest BCUT2D eigenvalue weighted by Gasteiger charge is 2.30. The molecule has 0 aliphatic carbocycles. The molecule has 1 unspecified atom stereocenters. The summed E-state index contributed by atoms with van der Waals surface area (Å²) >= 11 is 0. The molecule has 33 heavy (non-hydrogen) atoms. The van der Waals surface area contributed by atoms with Gasteiger partial charge >= 0.3 is 12.2 Å². The molecule has 2 rings (SSSR count). The highest BCUT2D eigenvalue weighted by molar-refractivity contribution is 6.01. The molecule has 0 saturated heterocycles. The summed E-state index contributed by atoms with van der Waals surface area (Å²) in [6.07, 6.45) is -4.45. The molecule has 0 saturated carbocycles. The molecule has 10 heteroatoms. The molecule has 1 atom stereocenters. The van der Waals surface area contributed by atoms with E-state index >= 15 is 0 Å². The van der Waals surface area contributed by atoms with Crippen LogP contribution in [0, 0.1) is 0 Å². The van der Waals surface area contributed by atoms with Crippen molar-refractivity contribution in [2.24, 2.45) is 0 Å². The summed E-state index contributed by atoms with van der Waals surface area (Å²) < 4.78 is 43.2. The van der Waals surface area contributed by atoms with Crippen molar-refractivity contribution in [3.63, 3.8) is 0 Å². The Kier molecular flexibility index (Phi) is 9.10. The van der Waals surface area contributed by atoms with Gasteiger partial charge in [-0.2, -0.15) is 13.2 Å². The van der Waals surface area contributed by atoms with Crippen LogP contribution in [0.4, 0.5) is 29.3 Å². The number of rotatable bonds is 9. The maximum absolute atomic E-state index is 12.7. The predicted octanol–water partition coefficient (Wildman–Crippen LogP) is 4.82. The van der Waals surface area contributed by atoms with E-state index in [1.165, 1.54) is 19.2 Å². The highest BCUT2D eigenvalue weighted by Crippen LogP contribution is 2.30. The van der Waals surface area contributed by atoms with Gasteiger partial charge in [-0.1, -0.05) is 13.8 Å². The third-order valence-electron chi connectivity index (χ3n) is 4.98. The number of urea groups is 1. The first kappa shape index (κ1) is 26.0. The van der Waals surface area contributed by atoms with Crippen LogP contribution in [0.25, 0.3) is 0 Å². The lowest BCUT2D eigenvalue weighted by molar-refractivity contribution is -0.137. The minimum Gasteiger partial charge on any atom is -0.496 e. The minimum absolute atomic E-state index is 0.0746. The van der Waals surface area contributed by atoms with Crippen molar-refractivity contribution in [2.75, 3.05) is 37.4 Å². The summed E-state index contributed by atoms with van der Waals surface area (Å²) in [5.74, 6) is -0.0258. The molecule has 0 radical (unpaired) electrons. The van der Waals surface area contributed by atoms with Gasteiger partial charge in [-0.05, 0) is 56.4 Å². The van der Waals surface area contributed by atoms with Crippen molar-refractivity contribution in [1.29, 1.82) is 0 Å². The van der Waals surface area contributed by atoms with E-state index in [-0.39, 0.29) is 23.4 Å². The van der Waals surface area contributed by atoms with Gasteiger partial charge in [0, 0.05) is 30.0 Å². The van der Waals surface area contributed by atoms with E-state index in [0.29, 0.717) is 17.8 Å². The predicted molar refractivity (Wildman–Crippen MR) is 122 cm³/mol. The molecule has 0 aliphatic heterocycles. The summed E-state index contributed by atoms with van der Waals surface area (Å²) in [5, 5.41) is 7.96. The van der Waals surface area contributed by atoms with Crippen LogP contribution in [0.1, 0.15) is 36.7 Å². The number of likely N-dealkylation sites (N-methyl/N-ethyl adjacent to an activating group) is 1. The number of carbonyl (C=O) groups is 2. The molecule has 2 aromatic carbocycles. The first-order chi connectivity index (χ1) is 15.6. The second-order valence-corrected chi connectivity index (χ2v) is 7.43. The van der Waals surface area contributed by atoms with E-state index in [1.54, 1.807) is 6.07 Å². The number of halogens is 3. The zero-order valence-electron chi connectivity index (χ0n) is 19.0. The molecule has 0 aliphatic rings. The van der Waals surface area contributed by atoms with Gasteiger partial charge in [0.2, 0.25) is 0 Å². The van der Waals surface area contributed by atoms with E-state index in [4.69, 9.17) is 4.74 Å². The molecule has 0 aromatic heterocycles. The van der Waals surface area contributed by atoms with Crippen molar-refractivity contribution in [3.05, 3.63) is 53.6 Å². The van der Waals surface area contributed by atoms with Gasteiger partial charge < -0.3 is 25.6 Å². The monoisotopic (exact) mass is 466 g/mol. The zero-order valence-corrected chi connectivity index (χ0v) is 19.0. The fraction of sp³-hybridized carbons (Fsp3) is 0.391. The molecule has 0 bridgehead atoms. The first-order valence-corrected chi connectivity index (χ1v) is 10.5. The van der Waals surface area contributed by atoms with Gasteiger partial charge in [0.25, 0.3) is 5.91 Å². The lowest BCUT2D eigenvalue weighted by atomic mass is 10.1. The average Bonchev–Trinajstić information content (AvgIpc) is 2.76. The van der Waals surface area contributed by atoms with E-state index in [0.717, 1.165) is 37.4 Å². The standard InChI is InChI=1S/C23H29F3N4O3/c1-5-30(6-2)14-15(3)27-21(31)19-12-11-18(13-20(19)33-4)29-22(32)28-17-9-7-16(8-10-17)23(24,25)26/h7-13,15H,5-6,14H2,1-4H3,(H,27,31)(H2,28,29,32). The summed E-state index contributed by atoms with van der Waals surface area (Å²) in [5.41, 5.74) is 0.0609. The summed E-state index contributed by atoms with van der Waals surface area (Å²) in [6, 6.07) is 7.93. The summed E-state index contributed by atoms with van der Waals surface area (Å²) in [4.78, 5) is 27.1. The van der Waals surface area contributed by atoms with Crippen LogP contribution in [0.5, 0.6) is 5.75 Å². The molecule has 7 nitrogen and oxygen atoms in total. The Labute approximate surface area is 191 Å². The van der Waals surface area contributed by atoms with Crippen LogP contribution in [0.2, 0.25) is 0 Å². The minimum atomic E-state index is -4.45. The number of methoxy groups -OCH3 is 1. The Morgan fingerprint density at radius 1 is 1.00 bits per heavy atom. The number of hydrogen-bond acceptors (Lipinski definition) is 4. The molecule has 0 heterocycles. The molecule has 3 N–H and O–H groups in total. The van der Waals surface area contributed by atoms with Crippen LogP contribution >= 0.6 is 0 Å². The van der Waals surface area contributed by atoms with Crippen LogP contribution < -0.4 is 20.7 Å².